The molecule has 2 rings (SSSR count). The molecular weight excluding hydrogens is 244 g/mol. The van der Waals surface area contributed by atoms with Crippen LogP contribution in [-0.4, -0.2) is 74.0 Å². The molecule has 2 aliphatic rings. The molecule has 2 amide bonds. The van der Waals surface area contributed by atoms with Gasteiger partial charge in [-0.25, -0.2) is 0 Å². The zero-order chi connectivity index (χ0) is 13.7. The Morgan fingerprint density at radius 3 is 2.63 bits per heavy atom. The Kier molecular flexibility index (Phi) is 5.15. The summed E-state index contributed by atoms with van der Waals surface area (Å²) in [4.78, 5) is 28.0. The topological polar surface area (TPSA) is 64.7 Å². The highest BCUT2D eigenvalue weighted by Gasteiger charge is 2.30. The molecular formula is C13H24N4O2. The van der Waals surface area contributed by atoms with Crippen molar-refractivity contribution < 1.29 is 9.59 Å². The summed E-state index contributed by atoms with van der Waals surface area (Å²) in [6.07, 6.45) is 2.99. The van der Waals surface area contributed by atoms with E-state index < -0.39 is 0 Å². The van der Waals surface area contributed by atoms with E-state index in [9.17, 15) is 9.59 Å². The fourth-order valence-electron chi connectivity index (χ4n) is 2.83. The van der Waals surface area contributed by atoms with Crippen LogP contribution >= 0.6 is 0 Å². The monoisotopic (exact) mass is 268 g/mol. The fraction of sp³-hybridized carbons (Fsp3) is 0.846. The van der Waals surface area contributed by atoms with E-state index in [4.69, 9.17) is 0 Å². The molecule has 2 saturated heterocycles. The summed E-state index contributed by atoms with van der Waals surface area (Å²) in [6, 6.07) is -0.134. The second-order valence-corrected chi connectivity index (χ2v) is 5.23. The van der Waals surface area contributed by atoms with E-state index in [-0.39, 0.29) is 17.9 Å². The summed E-state index contributed by atoms with van der Waals surface area (Å²) < 4.78 is 0. The normalized spacial score (nSPS) is 25.1. The molecule has 0 bridgehead atoms. The molecule has 0 radical (unpaired) electrons. The van der Waals surface area contributed by atoms with Gasteiger partial charge in [-0.05, 0) is 19.4 Å². The molecule has 0 aromatic heterocycles. The van der Waals surface area contributed by atoms with Gasteiger partial charge in [-0.3, -0.25) is 14.5 Å². The molecule has 108 valence electrons. The zero-order valence-electron chi connectivity index (χ0n) is 11.7. The first-order valence-corrected chi connectivity index (χ1v) is 7.16. The molecule has 2 heterocycles. The van der Waals surface area contributed by atoms with Crippen LogP contribution in [0.4, 0.5) is 0 Å². The Hall–Kier alpha value is -1.14. The molecule has 1 unspecified atom stereocenters. The number of piperidine rings is 1. The molecule has 6 nitrogen and oxygen atoms in total. The quantitative estimate of drug-likeness (QED) is 0.690. The first kappa shape index (κ1) is 14.3. The highest BCUT2D eigenvalue weighted by molar-refractivity contribution is 5.83. The van der Waals surface area contributed by atoms with Gasteiger partial charge in [0.05, 0.1) is 12.6 Å². The summed E-state index contributed by atoms with van der Waals surface area (Å²) >= 11 is 0. The number of rotatable bonds is 3. The molecule has 19 heavy (non-hydrogen) atoms. The molecule has 0 aromatic carbocycles. The second kappa shape index (κ2) is 6.86. The maximum Gasteiger partial charge on any atom is 0.237 e. The zero-order valence-corrected chi connectivity index (χ0v) is 11.7. The fourth-order valence-corrected chi connectivity index (χ4v) is 2.83. The van der Waals surface area contributed by atoms with E-state index in [1.165, 1.54) is 0 Å². The minimum atomic E-state index is -0.134. The molecule has 0 spiro atoms. The standard InChI is InChI=1S/C13H24N4O2/c1-14-13(19)11-4-2-3-7-17(11)10-12(18)16-8-5-15-6-9-16/h11,15H,2-10H2,1H3,(H,14,19). The average Bonchev–Trinajstić information content (AvgIpc) is 2.48. The van der Waals surface area contributed by atoms with Crippen LogP contribution in [0.1, 0.15) is 19.3 Å². The third kappa shape index (κ3) is 3.67. The highest BCUT2D eigenvalue weighted by Crippen LogP contribution is 2.17. The number of nitrogens with one attached hydrogen (secondary N) is 2. The van der Waals surface area contributed by atoms with Crippen LogP contribution in [0.2, 0.25) is 0 Å². The summed E-state index contributed by atoms with van der Waals surface area (Å²) in [5.41, 5.74) is 0. The smallest absolute Gasteiger partial charge is 0.237 e. The Morgan fingerprint density at radius 2 is 1.95 bits per heavy atom. The maximum absolute atomic E-state index is 12.2. The summed E-state index contributed by atoms with van der Waals surface area (Å²) in [6.45, 7) is 4.50. The lowest BCUT2D eigenvalue weighted by Gasteiger charge is -2.36. The number of hydrogen-bond donors (Lipinski definition) is 2. The first-order valence-electron chi connectivity index (χ1n) is 7.16. The van der Waals surface area contributed by atoms with Crippen molar-refractivity contribution in [3.8, 4) is 0 Å². The average molecular weight is 268 g/mol. The third-order valence-corrected chi connectivity index (χ3v) is 3.97. The van der Waals surface area contributed by atoms with Crippen molar-refractivity contribution in [1.82, 2.24) is 20.4 Å². The number of amides is 2. The van der Waals surface area contributed by atoms with Gasteiger partial charge < -0.3 is 15.5 Å². The first-order chi connectivity index (χ1) is 9.22. The van der Waals surface area contributed by atoms with Crippen molar-refractivity contribution in [3.05, 3.63) is 0 Å². The lowest BCUT2D eigenvalue weighted by Crippen LogP contribution is -2.54. The Morgan fingerprint density at radius 1 is 1.21 bits per heavy atom. The van der Waals surface area contributed by atoms with Gasteiger partial charge in [0.25, 0.3) is 0 Å². The number of piperazine rings is 1. The van der Waals surface area contributed by atoms with Gasteiger partial charge in [0.2, 0.25) is 11.8 Å². The van der Waals surface area contributed by atoms with Crippen molar-refractivity contribution in [2.45, 2.75) is 25.3 Å². The van der Waals surface area contributed by atoms with Crippen LogP contribution in [0, 0.1) is 0 Å². The van der Waals surface area contributed by atoms with E-state index in [2.05, 4.69) is 10.6 Å². The van der Waals surface area contributed by atoms with Gasteiger partial charge in [-0.15, -0.1) is 0 Å². The van der Waals surface area contributed by atoms with Crippen LogP contribution in [-0.2, 0) is 9.59 Å². The summed E-state index contributed by atoms with van der Waals surface area (Å²) in [5, 5.41) is 5.94. The highest BCUT2D eigenvalue weighted by atomic mass is 16.2. The van der Waals surface area contributed by atoms with Crippen LogP contribution in [0.5, 0.6) is 0 Å². The SMILES string of the molecule is CNC(=O)C1CCCCN1CC(=O)N1CCNCC1. The van der Waals surface area contributed by atoms with Crippen molar-refractivity contribution in [2.75, 3.05) is 46.3 Å². The van der Waals surface area contributed by atoms with Crippen LogP contribution < -0.4 is 10.6 Å². The van der Waals surface area contributed by atoms with E-state index in [0.29, 0.717) is 6.54 Å². The molecule has 0 aromatic rings. The molecule has 0 aliphatic carbocycles. The molecule has 6 heteroatoms. The minimum Gasteiger partial charge on any atom is -0.358 e. The largest absolute Gasteiger partial charge is 0.358 e. The number of nitrogens with zero attached hydrogens (tertiary/aromatic N) is 2. The second-order valence-electron chi connectivity index (χ2n) is 5.23. The molecule has 2 fully saturated rings. The lowest BCUT2D eigenvalue weighted by atomic mass is 10.0. The number of carbonyl (C=O) groups excluding carboxylic acids is 2. The van der Waals surface area contributed by atoms with Gasteiger partial charge in [0, 0.05) is 33.2 Å². The number of hydrogen-bond acceptors (Lipinski definition) is 4. The van der Waals surface area contributed by atoms with Crippen LogP contribution in [0.3, 0.4) is 0 Å². The van der Waals surface area contributed by atoms with Gasteiger partial charge >= 0.3 is 0 Å². The Balaban J connectivity index is 1.91. The number of carbonyl (C=O) groups is 2. The van der Waals surface area contributed by atoms with Crippen LogP contribution in [0.15, 0.2) is 0 Å². The van der Waals surface area contributed by atoms with Crippen molar-refractivity contribution in [3.63, 3.8) is 0 Å². The third-order valence-electron chi connectivity index (χ3n) is 3.97. The minimum absolute atomic E-state index is 0.0350. The molecule has 2 aliphatic heterocycles. The molecule has 1 atom stereocenters. The predicted octanol–water partition coefficient (Wildman–Crippen LogP) is -0.981. The van der Waals surface area contributed by atoms with Crippen molar-refractivity contribution in [1.29, 1.82) is 0 Å². The number of likely N-dealkylation sites (tertiary alicyclic amines) is 1. The van der Waals surface area contributed by atoms with Gasteiger partial charge in [-0.2, -0.15) is 0 Å². The maximum atomic E-state index is 12.2. The predicted molar refractivity (Wildman–Crippen MR) is 72.7 cm³/mol. The molecule has 0 saturated carbocycles. The van der Waals surface area contributed by atoms with E-state index in [0.717, 1.165) is 52.0 Å². The van der Waals surface area contributed by atoms with Gasteiger partial charge in [0.1, 0.15) is 0 Å². The van der Waals surface area contributed by atoms with Gasteiger partial charge in [-0.1, -0.05) is 6.42 Å². The Labute approximate surface area is 114 Å². The van der Waals surface area contributed by atoms with Gasteiger partial charge in [0.15, 0.2) is 0 Å². The van der Waals surface area contributed by atoms with E-state index >= 15 is 0 Å². The van der Waals surface area contributed by atoms with E-state index in [1.807, 2.05) is 9.80 Å². The summed E-state index contributed by atoms with van der Waals surface area (Å²) in [7, 11) is 1.66. The van der Waals surface area contributed by atoms with Crippen molar-refractivity contribution in [2.24, 2.45) is 0 Å². The summed E-state index contributed by atoms with van der Waals surface area (Å²) in [5.74, 6) is 0.185. The molecule has 2 N–H and O–H groups in total. The lowest BCUT2D eigenvalue weighted by molar-refractivity contribution is -0.136. The number of likely N-dealkylation sites (N-methyl/N-ethyl adjacent to an activating group) is 1. The van der Waals surface area contributed by atoms with Crippen molar-refractivity contribution >= 4 is 11.8 Å². The van der Waals surface area contributed by atoms with E-state index in [1.54, 1.807) is 7.05 Å². The van der Waals surface area contributed by atoms with Crippen LogP contribution in [0.25, 0.3) is 0 Å². The Bertz CT molecular complexity index is 329.